The average Bonchev–Trinajstić information content (AvgIpc) is 3.13. The Morgan fingerprint density at radius 3 is 2.64 bits per heavy atom. The van der Waals surface area contributed by atoms with Gasteiger partial charge in [-0.1, -0.05) is 18.2 Å². The first-order valence-electron chi connectivity index (χ1n) is 9.34. The van der Waals surface area contributed by atoms with Crippen molar-refractivity contribution in [2.45, 2.75) is 38.0 Å². The molecule has 2 aromatic rings. The summed E-state index contributed by atoms with van der Waals surface area (Å²) in [6.45, 7) is 4.92. The first kappa shape index (κ1) is 22.5. The van der Waals surface area contributed by atoms with Crippen molar-refractivity contribution in [1.29, 1.82) is 0 Å². The maximum atomic E-state index is 6.12. The van der Waals surface area contributed by atoms with Gasteiger partial charge < -0.3 is 19.8 Å². The highest BCUT2D eigenvalue weighted by Gasteiger charge is 2.34. The summed E-state index contributed by atoms with van der Waals surface area (Å²) in [5.74, 6) is 2.63. The lowest BCUT2D eigenvalue weighted by Crippen LogP contribution is -2.46. The topological polar surface area (TPSA) is 62.0 Å². The van der Waals surface area contributed by atoms with Gasteiger partial charge in [0.1, 0.15) is 17.1 Å². The van der Waals surface area contributed by atoms with Crippen LogP contribution in [0.1, 0.15) is 43.7 Å². The Labute approximate surface area is 184 Å². The van der Waals surface area contributed by atoms with E-state index in [2.05, 4.69) is 40.4 Å². The van der Waals surface area contributed by atoms with E-state index in [0.717, 1.165) is 29.5 Å². The first-order valence-corrected chi connectivity index (χ1v) is 9.34. The predicted molar refractivity (Wildman–Crippen MR) is 124 cm³/mol. The number of guanidine groups is 1. The van der Waals surface area contributed by atoms with E-state index in [1.54, 1.807) is 13.3 Å². The fourth-order valence-electron chi connectivity index (χ4n) is 3.50. The van der Waals surface area contributed by atoms with Crippen molar-refractivity contribution in [3.63, 3.8) is 0 Å². The number of halogens is 1. The molecule has 0 aliphatic carbocycles. The molecule has 0 bridgehead atoms. The number of ether oxygens (including phenoxy) is 1. The van der Waals surface area contributed by atoms with Crippen LogP contribution in [0.3, 0.4) is 0 Å². The quantitative estimate of drug-likeness (QED) is 0.371. The van der Waals surface area contributed by atoms with Gasteiger partial charge in [0, 0.05) is 25.6 Å². The van der Waals surface area contributed by atoms with Gasteiger partial charge in [0.15, 0.2) is 5.96 Å². The van der Waals surface area contributed by atoms with Gasteiger partial charge in [0.05, 0.1) is 18.3 Å². The summed E-state index contributed by atoms with van der Waals surface area (Å²) in [4.78, 5) is 6.55. The smallest absolute Gasteiger partial charge is 0.191 e. The number of fused-ring (bicyclic) bond motifs is 1. The van der Waals surface area contributed by atoms with Crippen LogP contribution in [0.5, 0.6) is 5.75 Å². The average molecular weight is 498 g/mol. The highest BCUT2D eigenvalue weighted by Crippen LogP contribution is 2.39. The van der Waals surface area contributed by atoms with Crippen molar-refractivity contribution in [1.82, 2.24) is 15.5 Å². The van der Waals surface area contributed by atoms with Crippen LogP contribution in [0.15, 0.2) is 52.1 Å². The fraction of sp³-hybridized carbons (Fsp3) is 0.476. The van der Waals surface area contributed by atoms with Gasteiger partial charge >= 0.3 is 0 Å². The summed E-state index contributed by atoms with van der Waals surface area (Å²) >= 11 is 0. The third-order valence-electron chi connectivity index (χ3n) is 4.87. The zero-order valence-electron chi connectivity index (χ0n) is 17.2. The second kappa shape index (κ2) is 9.65. The van der Waals surface area contributed by atoms with Crippen molar-refractivity contribution in [2.75, 3.05) is 27.7 Å². The summed E-state index contributed by atoms with van der Waals surface area (Å²) in [5.41, 5.74) is 0.931. The minimum atomic E-state index is -0.231. The van der Waals surface area contributed by atoms with Gasteiger partial charge in [0.2, 0.25) is 0 Å². The molecule has 0 fully saturated rings. The van der Waals surface area contributed by atoms with Crippen LogP contribution in [-0.2, 0) is 0 Å². The van der Waals surface area contributed by atoms with E-state index in [0.29, 0.717) is 6.54 Å². The number of hydrogen-bond donors (Lipinski definition) is 2. The lowest BCUT2D eigenvalue weighted by molar-refractivity contribution is 0.0694. The van der Waals surface area contributed by atoms with Crippen molar-refractivity contribution in [3.05, 3.63) is 54.0 Å². The van der Waals surface area contributed by atoms with Crippen LogP contribution >= 0.6 is 24.0 Å². The number of aliphatic imine (C=N–C) groups is 1. The standard InChI is InChI=1S/C21H30N4O2.HI/c1-21(2)13-16(15-9-6-7-10-18(15)27-21)24-20(22-3)23-14-17(25(4)5)19-11-8-12-26-19;/h6-12,16-17H,13-14H2,1-5H3,(H2,22,23,24);1H. The normalized spacial score (nSPS) is 19.2. The summed E-state index contributed by atoms with van der Waals surface area (Å²) in [6.07, 6.45) is 2.57. The lowest BCUT2D eigenvalue weighted by Gasteiger charge is -2.38. The Morgan fingerprint density at radius 2 is 2.00 bits per heavy atom. The van der Waals surface area contributed by atoms with E-state index in [9.17, 15) is 0 Å². The number of para-hydroxylation sites is 1. The molecule has 0 saturated heterocycles. The largest absolute Gasteiger partial charge is 0.487 e. The number of hydrogen-bond acceptors (Lipinski definition) is 4. The molecule has 2 unspecified atom stereocenters. The molecule has 154 valence electrons. The van der Waals surface area contributed by atoms with Crippen LogP contribution in [0.25, 0.3) is 0 Å². The zero-order valence-corrected chi connectivity index (χ0v) is 19.6. The van der Waals surface area contributed by atoms with E-state index < -0.39 is 0 Å². The molecule has 0 saturated carbocycles. The molecule has 1 aromatic carbocycles. The van der Waals surface area contributed by atoms with Crippen molar-refractivity contribution < 1.29 is 9.15 Å². The molecule has 0 radical (unpaired) electrons. The molecular weight excluding hydrogens is 467 g/mol. The maximum absolute atomic E-state index is 6.12. The number of furan rings is 1. The molecule has 2 heterocycles. The van der Waals surface area contributed by atoms with Crippen LogP contribution in [0.4, 0.5) is 0 Å². The Balaban J connectivity index is 0.00000280. The minimum absolute atomic E-state index is 0. The molecule has 1 aliphatic heterocycles. The Hall–Kier alpha value is -1.74. The fourth-order valence-corrected chi connectivity index (χ4v) is 3.50. The monoisotopic (exact) mass is 498 g/mol. The van der Waals surface area contributed by atoms with Gasteiger partial charge in [-0.2, -0.15) is 0 Å². The Bertz CT molecular complexity index is 774. The molecule has 2 N–H and O–H groups in total. The van der Waals surface area contributed by atoms with Crippen molar-refractivity contribution >= 4 is 29.9 Å². The van der Waals surface area contributed by atoms with E-state index >= 15 is 0 Å². The molecule has 6 nitrogen and oxygen atoms in total. The molecule has 1 aromatic heterocycles. The Morgan fingerprint density at radius 1 is 1.25 bits per heavy atom. The van der Waals surface area contributed by atoms with Crippen LogP contribution in [0.2, 0.25) is 0 Å². The minimum Gasteiger partial charge on any atom is -0.487 e. The van der Waals surface area contributed by atoms with Gasteiger partial charge in [-0.3, -0.25) is 9.89 Å². The van der Waals surface area contributed by atoms with Gasteiger partial charge in [-0.15, -0.1) is 24.0 Å². The predicted octanol–water partition coefficient (Wildman–Crippen LogP) is 3.97. The number of benzene rings is 1. The van der Waals surface area contributed by atoms with Crippen LogP contribution in [0, 0.1) is 0 Å². The third-order valence-corrected chi connectivity index (χ3v) is 4.87. The van der Waals surface area contributed by atoms with E-state index in [1.807, 2.05) is 44.4 Å². The SMILES string of the molecule is CN=C(NCC(c1ccco1)N(C)C)NC1CC(C)(C)Oc2ccccc21.I. The van der Waals surface area contributed by atoms with E-state index in [-0.39, 0.29) is 41.7 Å². The number of nitrogens with zero attached hydrogens (tertiary/aromatic N) is 2. The number of likely N-dealkylation sites (N-methyl/N-ethyl adjacent to an activating group) is 1. The lowest BCUT2D eigenvalue weighted by atomic mass is 9.90. The first-order chi connectivity index (χ1) is 12.9. The maximum Gasteiger partial charge on any atom is 0.191 e. The molecule has 2 atom stereocenters. The highest BCUT2D eigenvalue weighted by atomic mass is 127. The van der Waals surface area contributed by atoms with Gasteiger partial charge in [0.25, 0.3) is 0 Å². The van der Waals surface area contributed by atoms with E-state index in [1.165, 1.54) is 0 Å². The van der Waals surface area contributed by atoms with Crippen molar-refractivity contribution in [3.8, 4) is 5.75 Å². The number of rotatable bonds is 5. The number of nitrogens with one attached hydrogen (secondary N) is 2. The van der Waals surface area contributed by atoms with Gasteiger partial charge in [-0.25, -0.2) is 0 Å². The van der Waals surface area contributed by atoms with E-state index in [4.69, 9.17) is 9.15 Å². The molecule has 0 amide bonds. The highest BCUT2D eigenvalue weighted by molar-refractivity contribution is 14.0. The van der Waals surface area contributed by atoms with Gasteiger partial charge in [-0.05, 0) is 46.1 Å². The molecule has 3 rings (SSSR count). The second-order valence-corrected chi connectivity index (χ2v) is 7.75. The molecule has 0 spiro atoms. The second-order valence-electron chi connectivity index (χ2n) is 7.75. The van der Waals surface area contributed by atoms with Crippen LogP contribution < -0.4 is 15.4 Å². The van der Waals surface area contributed by atoms with Crippen molar-refractivity contribution in [2.24, 2.45) is 4.99 Å². The molecule has 28 heavy (non-hydrogen) atoms. The molecule has 7 heteroatoms. The summed E-state index contributed by atoms with van der Waals surface area (Å²) < 4.78 is 11.7. The molecular formula is C21H31IN4O2. The summed E-state index contributed by atoms with van der Waals surface area (Å²) in [5, 5.41) is 7.01. The third kappa shape index (κ3) is 5.41. The zero-order chi connectivity index (χ0) is 19.4. The summed E-state index contributed by atoms with van der Waals surface area (Å²) in [7, 11) is 5.88. The summed E-state index contributed by atoms with van der Waals surface area (Å²) in [6, 6.07) is 12.4. The van der Waals surface area contributed by atoms with Crippen LogP contribution in [-0.4, -0.2) is 44.1 Å². The molecule has 1 aliphatic rings. The Kier molecular flexibility index (Phi) is 7.77.